The van der Waals surface area contributed by atoms with E-state index in [0.717, 1.165) is 30.3 Å². The van der Waals surface area contributed by atoms with Crippen LogP contribution in [0, 0.1) is 5.82 Å². The van der Waals surface area contributed by atoms with Crippen LogP contribution < -0.4 is 10.5 Å². The lowest BCUT2D eigenvalue weighted by Crippen LogP contribution is -2.45. The maximum absolute atomic E-state index is 14.1. The van der Waals surface area contributed by atoms with Crippen LogP contribution in [0.3, 0.4) is 0 Å². The van der Waals surface area contributed by atoms with Gasteiger partial charge in [0.15, 0.2) is 14.0 Å². The third-order valence-electron chi connectivity index (χ3n) is 7.49. The van der Waals surface area contributed by atoms with Gasteiger partial charge in [-0.3, -0.25) is 0 Å². The number of nitrogen functional groups attached to an aromatic ring is 1. The number of carbonyl (C=O) groups excluding carboxylic acids is 1. The predicted octanol–water partition coefficient (Wildman–Crippen LogP) is 7.68. The molecule has 1 heterocycles. The largest absolute Gasteiger partial charge is 0.492 e. The Labute approximate surface area is 260 Å². The van der Waals surface area contributed by atoms with Gasteiger partial charge < -0.3 is 29.6 Å². The van der Waals surface area contributed by atoms with Gasteiger partial charge in [0.25, 0.3) is 0 Å². The monoisotopic (exact) mass is 656 g/mol. The average molecular weight is 657 g/mol. The summed E-state index contributed by atoms with van der Waals surface area (Å²) in [5, 5.41) is 12.2. The highest BCUT2D eigenvalue weighted by atomic mass is 28.4. The van der Waals surface area contributed by atoms with Gasteiger partial charge in [-0.05, 0) is 68.7 Å². The lowest BCUT2D eigenvalue weighted by Gasteiger charge is -2.36. The first-order chi connectivity index (χ1) is 20.9. The normalized spacial score (nSPS) is 13.1. The SMILES string of the molecule is CC[Si](CC)(CC)OC(CN(CCOc1ccc2c(C(F)(F)F)nn(C(=O)O)c2c1)C(=O)OC(C)(C)C)c1ccc(F)c(N)c1. The number of amides is 1. The van der Waals surface area contributed by atoms with Gasteiger partial charge in [0.1, 0.15) is 23.8 Å². The number of benzene rings is 2. The summed E-state index contributed by atoms with van der Waals surface area (Å²) in [5.41, 5.74) is 3.93. The Hall–Kier alpha value is -3.85. The van der Waals surface area contributed by atoms with E-state index in [9.17, 15) is 32.3 Å². The Morgan fingerprint density at radius 2 is 1.71 bits per heavy atom. The summed E-state index contributed by atoms with van der Waals surface area (Å²) >= 11 is 0. The molecule has 0 aliphatic carbocycles. The van der Waals surface area contributed by atoms with Crippen molar-refractivity contribution in [1.29, 1.82) is 0 Å². The van der Waals surface area contributed by atoms with Crippen LogP contribution >= 0.6 is 0 Å². The van der Waals surface area contributed by atoms with Crippen molar-refractivity contribution in [2.45, 2.75) is 77.6 Å². The van der Waals surface area contributed by atoms with Crippen LogP contribution in [0.2, 0.25) is 18.1 Å². The van der Waals surface area contributed by atoms with Crippen LogP contribution in [0.25, 0.3) is 10.9 Å². The van der Waals surface area contributed by atoms with Crippen molar-refractivity contribution >= 4 is 37.1 Å². The molecular weight excluding hydrogens is 616 g/mol. The number of nitrogens with two attached hydrogens (primary N) is 1. The Morgan fingerprint density at radius 3 is 2.24 bits per heavy atom. The van der Waals surface area contributed by atoms with E-state index < -0.39 is 55.3 Å². The van der Waals surface area contributed by atoms with Gasteiger partial charge in [-0.2, -0.15) is 23.0 Å². The van der Waals surface area contributed by atoms with E-state index in [4.69, 9.17) is 19.6 Å². The second kappa shape index (κ2) is 14.1. The molecule has 15 heteroatoms. The molecular formula is C30H40F4N4O6Si. The summed E-state index contributed by atoms with van der Waals surface area (Å²) in [4.78, 5) is 26.4. The quantitative estimate of drug-likeness (QED) is 0.115. The molecule has 3 N–H and O–H groups in total. The molecule has 1 unspecified atom stereocenters. The summed E-state index contributed by atoms with van der Waals surface area (Å²) in [6, 6.07) is 10.2. The minimum atomic E-state index is -4.86. The molecule has 0 aliphatic rings. The number of carbonyl (C=O) groups is 2. The first kappa shape index (κ1) is 35.6. The Morgan fingerprint density at radius 1 is 1.07 bits per heavy atom. The highest BCUT2D eigenvalue weighted by Crippen LogP contribution is 2.36. The molecule has 1 atom stereocenters. The summed E-state index contributed by atoms with van der Waals surface area (Å²) in [7, 11) is -2.26. The van der Waals surface area contributed by atoms with Crippen LogP contribution in [-0.2, 0) is 15.3 Å². The summed E-state index contributed by atoms with van der Waals surface area (Å²) in [5.74, 6) is -0.514. The molecule has 0 radical (unpaired) electrons. The van der Waals surface area contributed by atoms with E-state index in [1.807, 2.05) is 0 Å². The maximum Gasteiger partial charge on any atom is 0.435 e. The number of carboxylic acid groups (broad SMARTS) is 1. The van der Waals surface area contributed by atoms with Crippen LogP contribution in [-0.4, -0.2) is 65.6 Å². The molecule has 0 saturated carbocycles. The molecule has 248 valence electrons. The third-order valence-corrected chi connectivity index (χ3v) is 12.1. The van der Waals surface area contributed by atoms with E-state index in [1.54, 1.807) is 26.8 Å². The zero-order chi connectivity index (χ0) is 33.7. The van der Waals surface area contributed by atoms with E-state index >= 15 is 0 Å². The summed E-state index contributed by atoms with van der Waals surface area (Å²) in [6.07, 6.45) is -7.89. The van der Waals surface area contributed by atoms with Crippen LogP contribution in [0.15, 0.2) is 36.4 Å². The van der Waals surface area contributed by atoms with Crippen LogP contribution in [0.1, 0.15) is 58.9 Å². The van der Waals surface area contributed by atoms with Gasteiger partial charge in [-0.1, -0.05) is 26.8 Å². The number of alkyl halides is 3. The number of fused-ring (bicyclic) bond motifs is 1. The minimum absolute atomic E-state index is 0.0118. The number of nitrogens with zero attached hydrogens (tertiary/aromatic N) is 3. The average Bonchev–Trinajstić information content (AvgIpc) is 3.35. The van der Waals surface area contributed by atoms with Gasteiger partial charge in [0.2, 0.25) is 0 Å². The Balaban J connectivity index is 1.92. The highest BCUT2D eigenvalue weighted by Gasteiger charge is 2.38. The Bertz CT molecular complexity index is 1500. The van der Waals surface area contributed by atoms with Gasteiger partial charge in [0, 0.05) is 11.5 Å². The molecule has 45 heavy (non-hydrogen) atoms. The van der Waals surface area contributed by atoms with E-state index in [0.29, 0.717) is 5.56 Å². The van der Waals surface area contributed by atoms with Crippen molar-refractivity contribution in [2.75, 3.05) is 25.4 Å². The summed E-state index contributed by atoms with van der Waals surface area (Å²) in [6.45, 7) is 11.2. The predicted molar refractivity (Wildman–Crippen MR) is 163 cm³/mol. The van der Waals surface area contributed by atoms with E-state index in [2.05, 4.69) is 25.9 Å². The first-order valence-electron chi connectivity index (χ1n) is 14.6. The van der Waals surface area contributed by atoms with Crippen molar-refractivity contribution < 1.29 is 46.2 Å². The van der Waals surface area contributed by atoms with Crippen molar-refractivity contribution in [3.05, 3.63) is 53.5 Å². The number of halogens is 4. The van der Waals surface area contributed by atoms with Gasteiger partial charge >= 0.3 is 18.4 Å². The number of aromatic nitrogens is 2. The molecule has 0 spiro atoms. The molecule has 0 fully saturated rings. The lowest BCUT2D eigenvalue weighted by atomic mass is 10.1. The smallest absolute Gasteiger partial charge is 0.435 e. The molecule has 2 aromatic carbocycles. The second-order valence-electron chi connectivity index (χ2n) is 11.6. The maximum atomic E-state index is 14.1. The first-order valence-corrected chi connectivity index (χ1v) is 17.1. The molecule has 1 amide bonds. The third kappa shape index (κ3) is 8.87. The zero-order valence-electron chi connectivity index (χ0n) is 26.2. The number of ether oxygens (including phenoxy) is 2. The fourth-order valence-corrected chi connectivity index (χ4v) is 7.69. The number of anilines is 1. The fourth-order valence-electron chi connectivity index (χ4n) is 4.87. The van der Waals surface area contributed by atoms with Gasteiger partial charge in [0.05, 0.1) is 30.4 Å². The van der Waals surface area contributed by atoms with E-state index in [-0.39, 0.29) is 41.3 Å². The van der Waals surface area contributed by atoms with Crippen molar-refractivity contribution in [1.82, 2.24) is 14.7 Å². The number of hydrogen-bond acceptors (Lipinski definition) is 7. The lowest BCUT2D eigenvalue weighted by molar-refractivity contribution is -0.140. The topological polar surface area (TPSA) is 129 Å². The molecule has 0 bridgehead atoms. The summed E-state index contributed by atoms with van der Waals surface area (Å²) < 4.78 is 72.8. The van der Waals surface area contributed by atoms with Gasteiger partial charge in [-0.25, -0.2) is 14.0 Å². The molecule has 0 aliphatic heterocycles. The minimum Gasteiger partial charge on any atom is -0.492 e. The Kier molecular flexibility index (Phi) is 11.1. The van der Waals surface area contributed by atoms with Crippen LogP contribution in [0.5, 0.6) is 5.75 Å². The molecule has 10 nitrogen and oxygen atoms in total. The molecule has 3 rings (SSSR count). The molecule has 0 saturated heterocycles. The number of rotatable bonds is 12. The molecule has 3 aromatic rings. The van der Waals surface area contributed by atoms with Crippen LogP contribution in [0.4, 0.5) is 32.8 Å². The van der Waals surface area contributed by atoms with Crippen molar-refractivity contribution in [2.24, 2.45) is 0 Å². The second-order valence-corrected chi connectivity index (χ2v) is 16.3. The molecule has 1 aromatic heterocycles. The van der Waals surface area contributed by atoms with Gasteiger partial charge in [-0.15, -0.1) is 0 Å². The van der Waals surface area contributed by atoms with Crippen molar-refractivity contribution in [3.8, 4) is 5.75 Å². The highest BCUT2D eigenvalue weighted by molar-refractivity contribution is 6.73. The standard InChI is InChI=1S/C30H40F4N4O6Si/c1-7-45(8-2,9-3)44-25(19-10-13-22(31)23(35)16-19)18-37(28(41)43-29(4,5)6)14-15-42-20-11-12-21-24(17-20)38(27(39)40)36-26(21)30(32,33)34/h10-13,16-17,25H,7-9,14-15,18,35H2,1-6H3,(H,39,40). The van der Waals surface area contributed by atoms with E-state index in [1.165, 1.54) is 23.1 Å². The number of hydrogen-bond donors (Lipinski definition) is 2. The zero-order valence-corrected chi connectivity index (χ0v) is 27.2. The van der Waals surface area contributed by atoms with Crippen molar-refractivity contribution in [3.63, 3.8) is 0 Å². The fraction of sp³-hybridized carbons (Fsp3) is 0.500.